The van der Waals surface area contributed by atoms with E-state index in [0.717, 1.165) is 11.1 Å². The molecule has 0 bridgehead atoms. The lowest BCUT2D eigenvalue weighted by molar-refractivity contribution is -0.128. The number of pyridine rings is 1. The lowest BCUT2D eigenvalue weighted by Gasteiger charge is -2.44. The van der Waals surface area contributed by atoms with Crippen LogP contribution in [0.4, 0.5) is 0 Å². The first-order valence-corrected chi connectivity index (χ1v) is 13.0. The first-order chi connectivity index (χ1) is 18.9. The molecular formula is C30H32N4O5. The summed E-state index contributed by atoms with van der Waals surface area (Å²) in [5.41, 5.74) is 1.94. The Kier molecular flexibility index (Phi) is 7.60. The summed E-state index contributed by atoms with van der Waals surface area (Å²) in [5, 5.41) is 2.95. The molecule has 1 atom stereocenters. The number of benzene rings is 2. The average Bonchev–Trinajstić information content (AvgIpc) is 3.34. The molecule has 3 amide bonds. The van der Waals surface area contributed by atoms with E-state index in [4.69, 9.17) is 9.47 Å². The SMILES string of the molecule is COc1ccc(C(=O)N2[C@H](C(=O)NCc3ccncc3)COC23CCN(C(=O)c2ccccc2C)CC3)cc1. The summed E-state index contributed by atoms with van der Waals surface area (Å²) in [6, 6.07) is 17.2. The number of amides is 3. The zero-order chi connectivity index (χ0) is 27.4. The van der Waals surface area contributed by atoms with Crippen molar-refractivity contribution in [3.8, 4) is 5.75 Å². The molecule has 2 aromatic carbocycles. The topological polar surface area (TPSA) is 101 Å². The standard InChI is InChI=1S/C30H32N4O5/c1-21-5-3-4-6-25(21)29(37)33-17-13-30(14-18-33)34(28(36)23-7-9-24(38-2)10-8-23)26(20-39-30)27(35)32-19-22-11-15-31-16-12-22/h3-12,15-16,26H,13-14,17-20H2,1-2H3,(H,32,35)/t26-/m0/s1. The van der Waals surface area contributed by atoms with Crippen LogP contribution in [0.3, 0.4) is 0 Å². The lowest BCUT2D eigenvalue weighted by atomic mass is 9.95. The summed E-state index contributed by atoms with van der Waals surface area (Å²) in [6.45, 7) is 3.13. The van der Waals surface area contributed by atoms with E-state index in [9.17, 15) is 14.4 Å². The maximum Gasteiger partial charge on any atom is 0.256 e. The van der Waals surface area contributed by atoms with Gasteiger partial charge in [-0.2, -0.15) is 0 Å². The predicted octanol–water partition coefficient (Wildman–Crippen LogP) is 3.19. The van der Waals surface area contributed by atoms with Gasteiger partial charge in [0.05, 0.1) is 13.7 Å². The first kappa shape index (κ1) is 26.4. The quantitative estimate of drug-likeness (QED) is 0.528. The lowest BCUT2D eigenvalue weighted by Crippen LogP contribution is -2.59. The van der Waals surface area contributed by atoms with E-state index in [1.165, 1.54) is 0 Å². The Morgan fingerprint density at radius 3 is 2.36 bits per heavy atom. The van der Waals surface area contributed by atoms with Gasteiger partial charge in [0.1, 0.15) is 17.5 Å². The van der Waals surface area contributed by atoms with Crippen LogP contribution in [0.1, 0.15) is 44.7 Å². The van der Waals surface area contributed by atoms with Crippen LogP contribution in [0.5, 0.6) is 5.75 Å². The second kappa shape index (κ2) is 11.2. The molecule has 0 unspecified atom stereocenters. The Bertz CT molecular complexity index is 1340. The summed E-state index contributed by atoms with van der Waals surface area (Å²) in [6.07, 6.45) is 4.14. The van der Waals surface area contributed by atoms with Crippen LogP contribution in [-0.4, -0.2) is 71.1 Å². The number of aromatic nitrogens is 1. The third kappa shape index (κ3) is 5.35. The summed E-state index contributed by atoms with van der Waals surface area (Å²) in [7, 11) is 1.56. The summed E-state index contributed by atoms with van der Waals surface area (Å²) < 4.78 is 11.5. The third-order valence-electron chi connectivity index (χ3n) is 7.54. The van der Waals surface area contributed by atoms with Gasteiger partial charge >= 0.3 is 0 Å². The molecule has 202 valence electrons. The average molecular weight is 529 g/mol. The molecule has 0 radical (unpaired) electrons. The van der Waals surface area contributed by atoms with Crippen LogP contribution < -0.4 is 10.1 Å². The summed E-state index contributed by atoms with van der Waals surface area (Å²) in [5.74, 6) is 0.0103. The van der Waals surface area contributed by atoms with Gasteiger partial charge in [-0.3, -0.25) is 24.3 Å². The van der Waals surface area contributed by atoms with Gasteiger partial charge in [0.15, 0.2) is 0 Å². The molecule has 2 aliphatic heterocycles. The minimum absolute atomic E-state index is 0.0411. The second-order valence-corrected chi connectivity index (χ2v) is 9.86. The molecule has 9 nitrogen and oxygen atoms in total. The summed E-state index contributed by atoms with van der Waals surface area (Å²) >= 11 is 0. The first-order valence-electron chi connectivity index (χ1n) is 13.0. The van der Waals surface area contributed by atoms with E-state index in [0.29, 0.717) is 49.4 Å². The molecule has 9 heteroatoms. The highest BCUT2D eigenvalue weighted by Gasteiger charge is 2.54. The van der Waals surface area contributed by atoms with Crippen molar-refractivity contribution in [1.82, 2.24) is 20.1 Å². The van der Waals surface area contributed by atoms with Crippen LogP contribution >= 0.6 is 0 Å². The number of rotatable bonds is 6. The number of hydrogen-bond donors (Lipinski definition) is 1. The van der Waals surface area contributed by atoms with Crippen molar-refractivity contribution >= 4 is 17.7 Å². The van der Waals surface area contributed by atoms with Gasteiger partial charge in [0.2, 0.25) is 5.91 Å². The second-order valence-electron chi connectivity index (χ2n) is 9.86. The number of piperidine rings is 1. The fourth-order valence-electron chi connectivity index (χ4n) is 5.29. The van der Waals surface area contributed by atoms with Gasteiger partial charge in [-0.25, -0.2) is 0 Å². The Hall–Kier alpha value is -4.24. The molecule has 2 aliphatic rings. The number of ether oxygens (including phenoxy) is 2. The van der Waals surface area contributed by atoms with Crippen LogP contribution in [0, 0.1) is 6.92 Å². The molecule has 1 spiro atoms. The molecular weight excluding hydrogens is 496 g/mol. The molecule has 1 aromatic heterocycles. The minimum atomic E-state index is -0.988. The van der Waals surface area contributed by atoms with Crippen molar-refractivity contribution in [1.29, 1.82) is 0 Å². The molecule has 5 rings (SSSR count). The zero-order valence-electron chi connectivity index (χ0n) is 22.1. The van der Waals surface area contributed by atoms with Crippen LogP contribution in [0.2, 0.25) is 0 Å². The van der Waals surface area contributed by atoms with Crippen LogP contribution in [-0.2, 0) is 16.1 Å². The number of hydrogen-bond acceptors (Lipinski definition) is 6. The third-order valence-corrected chi connectivity index (χ3v) is 7.54. The Morgan fingerprint density at radius 2 is 1.69 bits per heavy atom. The number of likely N-dealkylation sites (tertiary alicyclic amines) is 1. The van der Waals surface area contributed by atoms with E-state index in [1.807, 2.05) is 43.3 Å². The Morgan fingerprint density at radius 1 is 1.00 bits per heavy atom. The highest BCUT2D eigenvalue weighted by atomic mass is 16.5. The Balaban J connectivity index is 1.37. The molecule has 3 heterocycles. The van der Waals surface area contributed by atoms with Gasteiger partial charge in [-0.15, -0.1) is 0 Å². The van der Waals surface area contributed by atoms with Crippen molar-refractivity contribution < 1.29 is 23.9 Å². The normalized spacial score (nSPS) is 18.2. The highest BCUT2D eigenvalue weighted by Crippen LogP contribution is 2.39. The number of methoxy groups -OCH3 is 1. The van der Waals surface area contributed by atoms with E-state index in [2.05, 4.69) is 10.3 Å². The largest absolute Gasteiger partial charge is 0.497 e. The molecule has 39 heavy (non-hydrogen) atoms. The van der Waals surface area contributed by atoms with E-state index >= 15 is 0 Å². The zero-order valence-corrected chi connectivity index (χ0v) is 22.1. The monoisotopic (exact) mass is 528 g/mol. The molecule has 3 aromatic rings. The van der Waals surface area contributed by atoms with Gasteiger partial charge < -0.3 is 19.7 Å². The van der Waals surface area contributed by atoms with E-state index in [-0.39, 0.29) is 24.3 Å². The Labute approximate surface area is 227 Å². The molecule has 2 saturated heterocycles. The smallest absolute Gasteiger partial charge is 0.256 e. The predicted molar refractivity (Wildman–Crippen MR) is 144 cm³/mol. The van der Waals surface area contributed by atoms with Gasteiger partial charge in [-0.05, 0) is 60.5 Å². The highest BCUT2D eigenvalue weighted by molar-refractivity contribution is 5.99. The fourth-order valence-corrected chi connectivity index (χ4v) is 5.29. The van der Waals surface area contributed by atoms with Crippen molar-refractivity contribution in [3.05, 3.63) is 95.3 Å². The number of aryl methyl sites for hydroxylation is 1. The van der Waals surface area contributed by atoms with Crippen molar-refractivity contribution in [2.24, 2.45) is 0 Å². The van der Waals surface area contributed by atoms with E-state index in [1.54, 1.807) is 53.6 Å². The number of nitrogens with zero attached hydrogens (tertiary/aromatic N) is 3. The molecule has 2 fully saturated rings. The van der Waals surface area contributed by atoms with Gasteiger partial charge in [-0.1, -0.05) is 18.2 Å². The van der Waals surface area contributed by atoms with E-state index < -0.39 is 11.8 Å². The number of carbonyl (C=O) groups is 3. The molecule has 0 saturated carbocycles. The van der Waals surface area contributed by atoms with Crippen LogP contribution in [0.15, 0.2) is 73.1 Å². The van der Waals surface area contributed by atoms with Crippen molar-refractivity contribution in [2.75, 3.05) is 26.8 Å². The molecule has 1 N–H and O–H groups in total. The molecule has 0 aliphatic carbocycles. The maximum atomic E-state index is 13.9. The fraction of sp³-hybridized carbons (Fsp3) is 0.333. The van der Waals surface area contributed by atoms with Crippen LogP contribution in [0.25, 0.3) is 0 Å². The summed E-state index contributed by atoms with van der Waals surface area (Å²) in [4.78, 5) is 48.0. The number of nitrogens with one attached hydrogen (secondary N) is 1. The minimum Gasteiger partial charge on any atom is -0.497 e. The van der Waals surface area contributed by atoms with Gasteiger partial charge in [0.25, 0.3) is 11.8 Å². The van der Waals surface area contributed by atoms with Crippen molar-refractivity contribution in [3.63, 3.8) is 0 Å². The van der Waals surface area contributed by atoms with Crippen molar-refractivity contribution in [2.45, 2.75) is 38.1 Å². The maximum absolute atomic E-state index is 13.9. The number of carbonyl (C=O) groups excluding carboxylic acids is 3. The van der Waals surface area contributed by atoms with Gasteiger partial charge in [0, 0.05) is 56.0 Å².